The number of alkyl halides is 17. The summed E-state index contributed by atoms with van der Waals surface area (Å²) in [5.41, 5.74) is -0.00263. The van der Waals surface area contributed by atoms with Crippen molar-refractivity contribution in [1.82, 2.24) is 0 Å². The normalized spacial score (nSPS) is 14.8. The predicted octanol–water partition coefficient (Wildman–Crippen LogP) is 6.08. The van der Waals surface area contributed by atoms with Gasteiger partial charge >= 0.3 is 65.5 Å². The van der Waals surface area contributed by atoms with E-state index in [9.17, 15) is 94.1 Å². The minimum Gasteiger partial charge on any atom is -0.465 e. The monoisotopic (exact) mass is 752 g/mol. The number of carbonyl (C=O) groups excluding carboxylic acids is 3. The Balaban J connectivity index is 5.18. The van der Waals surface area contributed by atoms with E-state index in [4.69, 9.17) is 0 Å². The van der Waals surface area contributed by atoms with Crippen molar-refractivity contribution in [3.63, 3.8) is 0 Å². The number of aliphatic hydroxyl groups is 1. The highest BCUT2D eigenvalue weighted by Gasteiger charge is 2.95. The van der Waals surface area contributed by atoms with Gasteiger partial charge in [-0.15, -0.1) is 11.8 Å². The van der Waals surface area contributed by atoms with Crippen LogP contribution in [-0.2, 0) is 28.6 Å². The fourth-order valence-corrected chi connectivity index (χ4v) is 3.31. The number of thioether (sulfide) groups is 1. The van der Waals surface area contributed by atoms with E-state index in [1.54, 1.807) is 0 Å². The summed E-state index contributed by atoms with van der Waals surface area (Å²) in [6.07, 6.45) is -13.1. The Morgan fingerprint density at radius 3 is 1.53 bits per heavy atom. The summed E-state index contributed by atoms with van der Waals surface area (Å²) >= 11 is 0.559. The zero-order valence-corrected chi connectivity index (χ0v) is 23.8. The molecule has 7 nitrogen and oxygen atoms in total. The second-order valence-electron chi connectivity index (χ2n) is 9.14. The average molecular weight is 752 g/mol. The van der Waals surface area contributed by atoms with Crippen LogP contribution in [0.4, 0.5) is 74.6 Å². The first-order valence-corrected chi connectivity index (χ1v) is 13.0. The van der Waals surface area contributed by atoms with Crippen LogP contribution in [0.3, 0.4) is 0 Å². The number of aliphatic hydroxyl groups excluding tert-OH is 1. The number of halogens is 17. The second-order valence-corrected chi connectivity index (χ2v) is 10.2. The first-order valence-electron chi connectivity index (χ1n) is 11.9. The number of rotatable bonds is 19. The molecule has 0 aliphatic rings. The highest BCUT2D eigenvalue weighted by atomic mass is 32.2. The van der Waals surface area contributed by atoms with Gasteiger partial charge in [0.15, 0.2) is 0 Å². The lowest BCUT2D eigenvalue weighted by Gasteiger charge is -2.42. The van der Waals surface area contributed by atoms with Gasteiger partial charge in [0.25, 0.3) is 0 Å². The maximum absolute atomic E-state index is 13.8. The first-order chi connectivity index (χ1) is 20.8. The van der Waals surface area contributed by atoms with Crippen LogP contribution in [-0.4, -0.2) is 108 Å². The molecule has 0 saturated carbocycles. The molecule has 0 aliphatic carbocycles. The molecule has 0 aromatic heterocycles. The number of hydrogen-bond donors (Lipinski definition) is 1. The Morgan fingerprint density at radius 1 is 0.660 bits per heavy atom. The molecule has 1 atom stereocenters. The fraction of sp³-hybridized carbons (Fsp3) is 0.773. The van der Waals surface area contributed by atoms with E-state index in [1.165, 1.54) is 6.92 Å². The molecule has 1 N–H and O–H groups in total. The second kappa shape index (κ2) is 15.2. The number of esters is 3. The van der Waals surface area contributed by atoms with Gasteiger partial charge in [-0.05, 0) is 6.92 Å². The molecule has 0 amide bonds. The SMILES string of the molecule is C=C(C)C(=O)OCC(O)COC(=O)CSCCC(=O)OCCC(F)(F)C(F)(F)C(F)(F)C(F)(F)C(F)(F)C(F)(F)C(F)(F)C(F)(F)F. The van der Waals surface area contributed by atoms with Crippen LogP contribution in [0.1, 0.15) is 19.8 Å². The summed E-state index contributed by atoms with van der Waals surface area (Å²) in [5.74, 6) is -61.8. The quantitative estimate of drug-likeness (QED) is 0.0559. The van der Waals surface area contributed by atoms with E-state index in [0.29, 0.717) is 11.8 Å². The van der Waals surface area contributed by atoms with Gasteiger partial charge in [-0.1, -0.05) is 6.58 Å². The van der Waals surface area contributed by atoms with Gasteiger partial charge in [0, 0.05) is 11.3 Å². The zero-order chi connectivity index (χ0) is 37.7. The van der Waals surface area contributed by atoms with Crippen molar-refractivity contribution in [3.8, 4) is 0 Å². The van der Waals surface area contributed by atoms with Crippen molar-refractivity contribution in [1.29, 1.82) is 0 Å². The first kappa shape index (κ1) is 44.3. The molecule has 0 spiro atoms. The molecule has 0 bridgehead atoms. The van der Waals surface area contributed by atoms with E-state index in [0.717, 1.165) is 0 Å². The van der Waals surface area contributed by atoms with Gasteiger partial charge in [0.2, 0.25) is 0 Å². The summed E-state index contributed by atoms with van der Waals surface area (Å²) in [6.45, 7) is 1.21. The number of hydrogen-bond acceptors (Lipinski definition) is 8. The Morgan fingerprint density at radius 2 is 1.09 bits per heavy atom. The van der Waals surface area contributed by atoms with Gasteiger partial charge in [-0.3, -0.25) is 9.59 Å². The van der Waals surface area contributed by atoms with Crippen LogP contribution in [0.2, 0.25) is 0 Å². The van der Waals surface area contributed by atoms with Gasteiger partial charge < -0.3 is 19.3 Å². The largest absolute Gasteiger partial charge is 0.465 e. The van der Waals surface area contributed by atoms with Crippen LogP contribution < -0.4 is 0 Å². The molecule has 0 aliphatic heterocycles. The third kappa shape index (κ3) is 9.46. The van der Waals surface area contributed by atoms with Crippen molar-refractivity contribution >= 4 is 29.7 Å². The Hall–Kier alpha value is -2.73. The zero-order valence-electron chi connectivity index (χ0n) is 23.0. The Labute approximate surface area is 255 Å². The van der Waals surface area contributed by atoms with Crippen molar-refractivity contribution in [2.45, 2.75) is 73.5 Å². The topological polar surface area (TPSA) is 99.1 Å². The van der Waals surface area contributed by atoms with Crippen molar-refractivity contribution in [3.05, 3.63) is 12.2 Å². The molecule has 47 heavy (non-hydrogen) atoms. The molecule has 1 unspecified atom stereocenters. The summed E-state index contributed by atoms with van der Waals surface area (Å²) < 4.78 is 238. The van der Waals surface area contributed by atoms with Crippen molar-refractivity contribution in [2.75, 3.05) is 31.3 Å². The van der Waals surface area contributed by atoms with Gasteiger partial charge in [0.1, 0.15) is 19.3 Å². The molecule has 0 rings (SSSR count). The van der Waals surface area contributed by atoms with E-state index < -0.39 is 116 Å². The van der Waals surface area contributed by atoms with E-state index in [2.05, 4.69) is 20.8 Å². The van der Waals surface area contributed by atoms with E-state index in [-0.39, 0.29) is 5.57 Å². The lowest BCUT2D eigenvalue weighted by Crippen LogP contribution is -2.74. The minimum atomic E-state index is -8.74. The lowest BCUT2D eigenvalue weighted by molar-refractivity contribution is -0.461. The molecular formula is C22H21F17O7S. The third-order valence-corrected chi connectivity index (χ3v) is 6.26. The third-order valence-electron chi connectivity index (χ3n) is 5.33. The highest BCUT2D eigenvalue weighted by Crippen LogP contribution is 2.64. The Kier molecular flexibility index (Phi) is 14.3. The number of ether oxygens (including phenoxy) is 3. The molecule has 0 radical (unpaired) electrons. The lowest BCUT2D eigenvalue weighted by atomic mass is 9.88. The van der Waals surface area contributed by atoms with Gasteiger partial charge in [-0.2, -0.15) is 74.6 Å². The highest BCUT2D eigenvalue weighted by molar-refractivity contribution is 7.99. The molecule has 0 heterocycles. The molecule has 0 saturated heterocycles. The van der Waals surface area contributed by atoms with Crippen LogP contribution in [0, 0.1) is 0 Å². The van der Waals surface area contributed by atoms with E-state index >= 15 is 0 Å². The van der Waals surface area contributed by atoms with Crippen LogP contribution in [0.15, 0.2) is 12.2 Å². The summed E-state index contributed by atoms with van der Waals surface area (Å²) in [7, 11) is 0. The summed E-state index contributed by atoms with van der Waals surface area (Å²) in [6, 6.07) is 0. The molecule has 0 fully saturated rings. The van der Waals surface area contributed by atoms with Crippen LogP contribution in [0.5, 0.6) is 0 Å². The van der Waals surface area contributed by atoms with Crippen LogP contribution in [0.25, 0.3) is 0 Å². The molecule has 276 valence electrons. The minimum absolute atomic E-state index is 0.00263. The predicted molar refractivity (Wildman–Crippen MR) is 121 cm³/mol. The standard InChI is InChI=1S/C22H21F17O7S/c1-10(2)14(43)46-8-11(40)7-45-13(42)9-47-6-3-12(41)44-5-4-15(23,24)16(25,26)17(27,28)18(29,30)19(31,32)20(33,34)21(35,36)22(37,38)39/h11,40H,1,3-9H2,2H3. The van der Waals surface area contributed by atoms with Gasteiger partial charge in [-0.25, -0.2) is 4.79 Å². The molecule has 0 aromatic carbocycles. The summed E-state index contributed by atoms with van der Waals surface area (Å²) in [5, 5.41) is 9.51. The fourth-order valence-electron chi connectivity index (χ4n) is 2.60. The van der Waals surface area contributed by atoms with Gasteiger partial charge in [0.05, 0.1) is 25.2 Å². The van der Waals surface area contributed by atoms with Crippen molar-refractivity contribution < 1.29 is 108 Å². The maximum Gasteiger partial charge on any atom is 0.460 e. The molecule has 25 heteroatoms. The van der Waals surface area contributed by atoms with Crippen LogP contribution >= 0.6 is 11.8 Å². The Bertz CT molecular complexity index is 1130. The molecule has 0 aromatic rings. The van der Waals surface area contributed by atoms with Crippen molar-refractivity contribution in [2.24, 2.45) is 0 Å². The smallest absolute Gasteiger partial charge is 0.460 e. The maximum atomic E-state index is 13.8. The number of carbonyl (C=O) groups is 3. The van der Waals surface area contributed by atoms with E-state index in [1.807, 2.05) is 0 Å². The average Bonchev–Trinajstić information content (AvgIpc) is 2.91. The summed E-state index contributed by atoms with van der Waals surface area (Å²) in [4.78, 5) is 34.2. The molecular weight excluding hydrogens is 731 g/mol.